The van der Waals surface area contributed by atoms with Crippen molar-refractivity contribution in [3.05, 3.63) is 48.0 Å². The first-order chi connectivity index (χ1) is 7.81. The van der Waals surface area contributed by atoms with Crippen molar-refractivity contribution in [2.75, 3.05) is 6.54 Å². The summed E-state index contributed by atoms with van der Waals surface area (Å²) >= 11 is 0. The van der Waals surface area contributed by atoms with E-state index in [4.69, 9.17) is 0 Å². The Hall–Kier alpha value is -1.08. The molecular formula is C15H23N. The Kier molecular flexibility index (Phi) is 5.87. The standard InChI is InChI=1S/C15H23N/c1-4-7-8-15(16-6-3)14-11-9-13(5-2)10-12-14/h4,9-12,15-16H,1,5-8H2,2-3H3. The molecule has 0 aliphatic heterocycles. The topological polar surface area (TPSA) is 12.0 Å². The van der Waals surface area contributed by atoms with E-state index in [1.807, 2.05) is 6.08 Å². The molecule has 1 aromatic rings. The smallest absolute Gasteiger partial charge is 0.0323 e. The molecule has 1 heteroatoms. The quantitative estimate of drug-likeness (QED) is 0.684. The van der Waals surface area contributed by atoms with E-state index in [0.29, 0.717) is 6.04 Å². The minimum atomic E-state index is 0.467. The summed E-state index contributed by atoms with van der Waals surface area (Å²) in [6, 6.07) is 9.42. The highest BCUT2D eigenvalue weighted by Crippen LogP contribution is 2.19. The third-order valence-corrected chi connectivity index (χ3v) is 2.90. The Labute approximate surface area is 99.6 Å². The second-order valence-electron chi connectivity index (χ2n) is 4.07. The van der Waals surface area contributed by atoms with Crippen molar-refractivity contribution in [2.24, 2.45) is 0 Å². The molecule has 1 nitrogen and oxygen atoms in total. The van der Waals surface area contributed by atoms with Gasteiger partial charge in [0.1, 0.15) is 0 Å². The molecule has 0 aromatic heterocycles. The molecule has 0 heterocycles. The predicted molar refractivity (Wildman–Crippen MR) is 71.7 cm³/mol. The van der Waals surface area contributed by atoms with Crippen molar-refractivity contribution in [1.29, 1.82) is 0 Å². The van der Waals surface area contributed by atoms with Gasteiger partial charge in [0, 0.05) is 6.04 Å². The fourth-order valence-electron chi connectivity index (χ4n) is 1.90. The van der Waals surface area contributed by atoms with Crippen LogP contribution in [0.15, 0.2) is 36.9 Å². The summed E-state index contributed by atoms with van der Waals surface area (Å²) in [5, 5.41) is 3.52. The Morgan fingerprint density at radius 2 is 1.94 bits per heavy atom. The van der Waals surface area contributed by atoms with Gasteiger partial charge in [-0.3, -0.25) is 0 Å². The first-order valence-corrected chi connectivity index (χ1v) is 6.24. The lowest BCUT2D eigenvalue weighted by atomic mass is 10.00. The summed E-state index contributed by atoms with van der Waals surface area (Å²) in [5.41, 5.74) is 2.80. The highest BCUT2D eigenvalue weighted by atomic mass is 14.9. The average Bonchev–Trinajstić information content (AvgIpc) is 2.35. The Bertz CT molecular complexity index is 300. The number of rotatable bonds is 7. The third-order valence-electron chi connectivity index (χ3n) is 2.90. The van der Waals surface area contributed by atoms with Crippen LogP contribution in [-0.4, -0.2) is 6.54 Å². The van der Waals surface area contributed by atoms with E-state index in [1.165, 1.54) is 11.1 Å². The molecule has 0 saturated heterocycles. The molecular weight excluding hydrogens is 194 g/mol. The molecule has 1 rings (SSSR count). The number of aryl methyl sites for hydroxylation is 1. The maximum absolute atomic E-state index is 3.79. The molecule has 0 saturated carbocycles. The molecule has 88 valence electrons. The number of hydrogen-bond acceptors (Lipinski definition) is 1. The van der Waals surface area contributed by atoms with E-state index in [-0.39, 0.29) is 0 Å². The minimum absolute atomic E-state index is 0.467. The van der Waals surface area contributed by atoms with Crippen molar-refractivity contribution in [3.8, 4) is 0 Å². The first-order valence-electron chi connectivity index (χ1n) is 6.24. The number of benzene rings is 1. The fraction of sp³-hybridized carbons (Fsp3) is 0.467. The van der Waals surface area contributed by atoms with Gasteiger partial charge in [-0.25, -0.2) is 0 Å². The lowest BCUT2D eigenvalue weighted by Gasteiger charge is -2.17. The van der Waals surface area contributed by atoms with Crippen LogP contribution < -0.4 is 5.32 Å². The molecule has 1 atom stereocenters. The molecule has 1 N–H and O–H groups in total. The zero-order chi connectivity index (χ0) is 11.8. The number of allylic oxidation sites excluding steroid dienone is 1. The second-order valence-corrected chi connectivity index (χ2v) is 4.07. The van der Waals surface area contributed by atoms with E-state index in [0.717, 1.165) is 25.8 Å². The second kappa shape index (κ2) is 7.24. The highest BCUT2D eigenvalue weighted by molar-refractivity contribution is 5.25. The minimum Gasteiger partial charge on any atom is -0.310 e. The number of hydrogen-bond donors (Lipinski definition) is 1. The third kappa shape index (κ3) is 3.82. The number of nitrogens with one attached hydrogen (secondary N) is 1. The maximum atomic E-state index is 3.79. The van der Waals surface area contributed by atoms with Gasteiger partial charge in [0.15, 0.2) is 0 Å². The van der Waals surface area contributed by atoms with Crippen LogP contribution in [-0.2, 0) is 6.42 Å². The molecule has 1 aromatic carbocycles. The van der Waals surface area contributed by atoms with Crippen LogP contribution in [0.4, 0.5) is 0 Å². The summed E-state index contributed by atoms with van der Waals surface area (Å²) in [7, 11) is 0. The van der Waals surface area contributed by atoms with E-state index in [1.54, 1.807) is 0 Å². The van der Waals surface area contributed by atoms with Crippen LogP contribution in [0.5, 0.6) is 0 Å². The van der Waals surface area contributed by atoms with E-state index in [9.17, 15) is 0 Å². The van der Waals surface area contributed by atoms with Crippen LogP contribution in [0.3, 0.4) is 0 Å². The van der Waals surface area contributed by atoms with Crippen LogP contribution >= 0.6 is 0 Å². The fourth-order valence-corrected chi connectivity index (χ4v) is 1.90. The van der Waals surface area contributed by atoms with Crippen molar-refractivity contribution < 1.29 is 0 Å². The van der Waals surface area contributed by atoms with Crippen molar-refractivity contribution in [1.82, 2.24) is 5.32 Å². The van der Waals surface area contributed by atoms with Crippen molar-refractivity contribution in [3.63, 3.8) is 0 Å². The largest absolute Gasteiger partial charge is 0.310 e. The van der Waals surface area contributed by atoms with Crippen molar-refractivity contribution >= 4 is 0 Å². The molecule has 0 bridgehead atoms. The van der Waals surface area contributed by atoms with Crippen LogP contribution in [0, 0.1) is 0 Å². The SMILES string of the molecule is C=CCCC(NCC)c1ccc(CC)cc1. The van der Waals surface area contributed by atoms with Crippen LogP contribution in [0.1, 0.15) is 43.9 Å². The summed E-state index contributed by atoms with van der Waals surface area (Å²) in [6.45, 7) is 9.14. The van der Waals surface area contributed by atoms with Gasteiger partial charge < -0.3 is 5.32 Å². The zero-order valence-electron chi connectivity index (χ0n) is 10.5. The van der Waals surface area contributed by atoms with Gasteiger partial charge in [-0.2, -0.15) is 0 Å². The summed E-state index contributed by atoms with van der Waals surface area (Å²) in [6.07, 6.45) is 5.29. The van der Waals surface area contributed by atoms with Gasteiger partial charge in [-0.1, -0.05) is 44.2 Å². The van der Waals surface area contributed by atoms with Gasteiger partial charge in [-0.05, 0) is 36.9 Å². The molecule has 0 aliphatic rings. The van der Waals surface area contributed by atoms with E-state index < -0.39 is 0 Å². The molecule has 0 spiro atoms. The van der Waals surface area contributed by atoms with E-state index >= 15 is 0 Å². The maximum Gasteiger partial charge on any atom is 0.0323 e. The summed E-state index contributed by atoms with van der Waals surface area (Å²) < 4.78 is 0. The monoisotopic (exact) mass is 217 g/mol. The first kappa shape index (κ1) is 13.0. The summed E-state index contributed by atoms with van der Waals surface area (Å²) in [5.74, 6) is 0. The Morgan fingerprint density at radius 1 is 1.25 bits per heavy atom. The van der Waals surface area contributed by atoms with Crippen LogP contribution in [0.25, 0.3) is 0 Å². The molecule has 0 amide bonds. The van der Waals surface area contributed by atoms with Gasteiger partial charge >= 0.3 is 0 Å². The molecule has 0 radical (unpaired) electrons. The van der Waals surface area contributed by atoms with Gasteiger partial charge in [0.25, 0.3) is 0 Å². The normalized spacial score (nSPS) is 12.4. The lowest BCUT2D eigenvalue weighted by molar-refractivity contribution is 0.519. The zero-order valence-corrected chi connectivity index (χ0v) is 10.5. The molecule has 0 fully saturated rings. The lowest BCUT2D eigenvalue weighted by Crippen LogP contribution is -2.20. The van der Waals surface area contributed by atoms with Gasteiger partial charge in [0.2, 0.25) is 0 Å². The van der Waals surface area contributed by atoms with Crippen molar-refractivity contribution in [2.45, 2.75) is 39.2 Å². The molecule has 16 heavy (non-hydrogen) atoms. The van der Waals surface area contributed by atoms with E-state index in [2.05, 4.69) is 50.0 Å². The van der Waals surface area contributed by atoms with Gasteiger partial charge in [-0.15, -0.1) is 6.58 Å². The summed E-state index contributed by atoms with van der Waals surface area (Å²) in [4.78, 5) is 0. The average molecular weight is 217 g/mol. The molecule has 1 unspecified atom stereocenters. The Morgan fingerprint density at radius 3 is 2.44 bits per heavy atom. The highest BCUT2D eigenvalue weighted by Gasteiger charge is 2.08. The van der Waals surface area contributed by atoms with Gasteiger partial charge in [0.05, 0.1) is 0 Å². The van der Waals surface area contributed by atoms with Crippen LogP contribution in [0.2, 0.25) is 0 Å². The molecule has 0 aliphatic carbocycles. The predicted octanol–water partition coefficient (Wildman–Crippen LogP) is 3.87. The Balaban J connectivity index is 2.70.